The average Bonchev–Trinajstić information content (AvgIpc) is 2.78. The summed E-state index contributed by atoms with van der Waals surface area (Å²) in [6.45, 7) is 1.66. The third-order valence-electron chi connectivity index (χ3n) is 3.90. The van der Waals surface area contributed by atoms with E-state index in [-0.39, 0.29) is 31.3 Å². The summed E-state index contributed by atoms with van der Waals surface area (Å²) in [5.41, 5.74) is -0.439. The summed E-state index contributed by atoms with van der Waals surface area (Å²) >= 11 is 0. The fraction of sp³-hybridized carbons (Fsp3) is 0.769. The maximum absolute atomic E-state index is 12.0. The zero-order valence-corrected chi connectivity index (χ0v) is 11.6. The summed E-state index contributed by atoms with van der Waals surface area (Å²) in [7, 11) is 1.74. The van der Waals surface area contributed by atoms with Crippen molar-refractivity contribution in [2.75, 3.05) is 33.3 Å². The molecule has 112 valence electrons. The molecular formula is C13H20N2O5. The summed E-state index contributed by atoms with van der Waals surface area (Å²) in [5.74, 6) is -0.959. The second-order valence-corrected chi connectivity index (χ2v) is 5.53. The maximum atomic E-state index is 12.0. The van der Waals surface area contributed by atoms with Crippen LogP contribution in [0.25, 0.3) is 0 Å². The van der Waals surface area contributed by atoms with Crippen molar-refractivity contribution < 1.29 is 24.2 Å². The Bertz CT molecular complexity index is 425. The number of aliphatic carboxylic acids is 1. The first-order valence-electron chi connectivity index (χ1n) is 6.79. The van der Waals surface area contributed by atoms with Crippen LogP contribution in [0.15, 0.2) is 0 Å². The largest absolute Gasteiger partial charge is 0.481 e. The van der Waals surface area contributed by atoms with Crippen molar-refractivity contribution in [2.24, 2.45) is 0 Å². The van der Waals surface area contributed by atoms with Crippen LogP contribution in [0.2, 0.25) is 0 Å². The second-order valence-electron chi connectivity index (χ2n) is 5.53. The fourth-order valence-corrected chi connectivity index (χ4v) is 2.74. The number of hydrogen-bond donors (Lipinski definition) is 1. The lowest BCUT2D eigenvalue weighted by molar-refractivity contribution is -0.159. The highest BCUT2D eigenvalue weighted by Crippen LogP contribution is 2.29. The molecule has 0 aliphatic carbocycles. The summed E-state index contributed by atoms with van der Waals surface area (Å²) in [6.07, 6.45) is 1.34. The monoisotopic (exact) mass is 284 g/mol. The third kappa shape index (κ3) is 3.27. The predicted octanol–water partition coefficient (Wildman–Crippen LogP) is -0.299. The van der Waals surface area contributed by atoms with E-state index in [2.05, 4.69) is 0 Å². The average molecular weight is 284 g/mol. The zero-order chi connectivity index (χ0) is 14.8. The van der Waals surface area contributed by atoms with Gasteiger partial charge in [0.05, 0.1) is 13.1 Å². The molecule has 1 spiro atoms. The van der Waals surface area contributed by atoms with Crippen LogP contribution < -0.4 is 0 Å². The lowest BCUT2D eigenvalue weighted by atomic mass is 10.0. The molecule has 20 heavy (non-hydrogen) atoms. The molecule has 0 aromatic heterocycles. The Morgan fingerprint density at radius 2 is 2.10 bits per heavy atom. The minimum absolute atomic E-state index is 0.0124. The van der Waals surface area contributed by atoms with Gasteiger partial charge in [-0.2, -0.15) is 0 Å². The van der Waals surface area contributed by atoms with Crippen LogP contribution in [0, 0.1) is 0 Å². The van der Waals surface area contributed by atoms with Gasteiger partial charge in [0.2, 0.25) is 11.8 Å². The van der Waals surface area contributed by atoms with Crippen molar-refractivity contribution >= 4 is 17.8 Å². The normalized spacial score (nSPS) is 26.4. The summed E-state index contributed by atoms with van der Waals surface area (Å²) in [6, 6.07) is 0. The zero-order valence-electron chi connectivity index (χ0n) is 11.6. The van der Waals surface area contributed by atoms with Crippen LogP contribution in [-0.2, 0) is 19.1 Å². The molecule has 0 aromatic carbocycles. The van der Waals surface area contributed by atoms with Gasteiger partial charge in [-0.1, -0.05) is 0 Å². The maximum Gasteiger partial charge on any atom is 0.303 e. The number of amides is 2. The lowest BCUT2D eigenvalue weighted by Gasteiger charge is -2.38. The van der Waals surface area contributed by atoms with Crippen molar-refractivity contribution in [3.8, 4) is 0 Å². The Balaban J connectivity index is 1.84. The van der Waals surface area contributed by atoms with Gasteiger partial charge in [0.1, 0.15) is 12.2 Å². The Labute approximate surface area is 117 Å². The van der Waals surface area contributed by atoms with Crippen molar-refractivity contribution in [3.05, 3.63) is 0 Å². The molecule has 7 heteroatoms. The summed E-state index contributed by atoms with van der Waals surface area (Å²) in [5, 5.41) is 8.56. The van der Waals surface area contributed by atoms with Gasteiger partial charge in [0.15, 0.2) is 0 Å². The lowest BCUT2D eigenvalue weighted by Crippen LogP contribution is -2.54. The van der Waals surface area contributed by atoms with Crippen LogP contribution in [0.5, 0.6) is 0 Å². The molecule has 0 bridgehead atoms. The van der Waals surface area contributed by atoms with Gasteiger partial charge in [-0.05, 0) is 12.8 Å². The van der Waals surface area contributed by atoms with Crippen molar-refractivity contribution in [2.45, 2.75) is 31.3 Å². The number of ether oxygens (including phenoxy) is 1. The van der Waals surface area contributed by atoms with E-state index in [1.165, 1.54) is 0 Å². The van der Waals surface area contributed by atoms with Crippen LogP contribution in [0.1, 0.15) is 25.7 Å². The van der Waals surface area contributed by atoms with E-state index in [0.29, 0.717) is 26.1 Å². The number of likely N-dealkylation sites (N-methyl/N-ethyl adjacent to an activating group) is 1. The second kappa shape index (κ2) is 5.78. The molecule has 0 unspecified atom stereocenters. The first-order chi connectivity index (χ1) is 9.42. The van der Waals surface area contributed by atoms with E-state index in [1.54, 1.807) is 16.8 Å². The first kappa shape index (κ1) is 14.8. The van der Waals surface area contributed by atoms with E-state index in [9.17, 15) is 14.4 Å². The molecule has 2 aliphatic heterocycles. The highest BCUT2D eigenvalue weighted by Gasteiger charge is 2.45. The third-order valence-corrected chi connectivity index (χ3v) is 3.90. The van der Waals surface area contributed by atoms with E-state index in [4.69, 9.17) is 9.84 Å². The smallest absolute Gasteiger partial charge is 0.303 e. The van der Waals surface area contributed by atoms with Gasteiger partial charge in [0.25, 0.3) is 0 Å². The van der Waals surface area contributed by atoms with E-state index in [1.807, 2.05) is 0 Å². The molecule has 2 saturated heterocycles. The molecule has 0 radical (unpaired) electrons. The van der Waals surface area contributed by atoms with Gasteiger partial charge < -0.3 is 19.6 Å². The van der Waals surface area contributed by atoms with Crippen LogP contribution in [0.4, 0.5) is 0 Å². The number of likely N-dealkylation sites (tertiary alicyclic amines) is 1. The molecule has 7 nitrogen and oxygen atoms in total. The van der Waals surface area contributed by atoms with Gasteiger partial charge in [-0.15, -0.1) is 0 Å². The standard InChI is InChI=1S/C13H20N2O5/c1-14-8-13(20-7-11(14)17)5-6-15(9-13)10(16)3-2-4-12(18)19/h2-9H2,1H3,(H,18,19)/t13-/m1/s1. The number of nitrogens with zero attached hydrogens (tertiary/aromatic N) is 2. The molecule has 2 heterocycles. The van der Waals surface area contributed by atoms with Gasteiger partial charge >= 0.3 is 5.97 Å². The van der Waals surface area contributed by atoms with Crippen molar-refractivity contribution in [1.82, 2.24) is 9.80 Å². The highest BCUT2D eigenvalue weighted by atomic mass is 16.5. The number of carbonyl (C=O) groups is 3. The van der Waals surface area contributed by atoms with E-state index in [0.717, 1.165) is 6.42 Å². The molecule has 1 atom stereocenters. The van der Waals surface area contributed by atoms with Crippen molar-refractivity contribution in [3.63, 3.8) is 0 Å². The number of hydrogen-bond acceptors (Lipinski definition) is 4. The predicted molar refractivity (Wildman–Crippen MR) is 69.0 cm³/mol. The number of carboxylic acids is 1. The summed E-state index contributed by atoms with van der Waals surface area (Å²) < 4.78 is 5.65. The van der Waals surface area contributed by atoms with Crippen LogP contribution >= 0.6 is 0 Å². The minimum Gasteiger partial charge on any atom is -0.481 e. The molecule has 2 rings (SSSR count). The van der Waals surface area contributed by atoms with Crippen molar-refractivity contribution in [1.29, 1.82) is 0 Å². The first-order valence-corrected chi connectivity index (χ1v) is 6.79. The summed E-state index contributed by atoms with van der Waals surface area (Å²) in [4.78, 5) is 37.2. The van der Waals surface area contributed by atoms with Crippen LogP contribution in [0.3, 0.4) is 0 Å². The fourth-order valence-electron chi connectivity index (χ4n) is 2.74. The molecular weight excluding hydrogens is 264 g/mol. The highest BCUT2D eigenvalue weighted by molar-refractivity contribution is 5.79. The number of morpholine rings is 1. The molecule has 2 fully saturated rings. The van der Waals surface area contributed by atoms with E-state index >= 15 is 0 Å². The number of carbonyl (C=O) groups excluding carboxylic acids is 2. The Hall–Kier alpha value is -1.63. The van der Waals surface area contributed by atoms with E-state index < -0.39 is 11.6 Å². The topological polar surface area (TPSA) is 87.2 Å². The quantitative estimate of drug-likeness (QED) is 0.766. The Morgan fingerprint density at radius 1 is 1.35 bits per heavy atom. The number of carboxylic acid groups (broad SMARTS) is 1. The minimum atomic E-state index is -0.883. The van der Waals surface area contributed by atoms with Gasteiger partial charge in [-0.25, -0.2) is 0 Å². The molecule has 0 aromatic rings. The SMILES string of the molecule is CN1C[C@@]2(CCN(C(=O)CCCC(=O)O)C2)OCC1=O. The van der Waals surface area contributed by atoms with Gasteiger partial charge in [0, 0.05) is 26.4 Å². The Kier molecular flexibility index (Phi) is 4.27. The molecule has 0 saturated carbocycles. The molecule has 1 N–H and O–H groups in total. The van der Waals surface area contributed by atoms with Crippen LogP contribution in [-0.4, -0.2) is 71.6 Å². The number of rotatable bonds is 4. The Morgan fingerprint density at radius 3 is 2.75 bits per heavy atom. The molecule has 2 amide bonds. The molecule has 2 aliphatic rings. The van der Waals surface area contributed by atoms with Gasteiger partial charge in [-0.3, -0.25) is 14.4 Å².